The molecule has 1 aromatic heterocycles. The molecule has 0 radical (unpaired) electrons. The third kappa shape index (κ3) is 4.54. The number of aryl methyl sites for hydroxylation is 1. The molecule has 0 spiro atoms. The van der Waals surface area contributed by atoms with Gasteiger partial charge in [0.1, 0.15) is 0 Å². The van der Waals surface area contributed by atoms with Crippen LogP contribution in [0.4, 0.5) is 4.39 Å². The van der Waals surface area contributed by atoms with E-state index in [1.807, 2.05) is 13.0 Å². The van der Waals surface area contributed by atoms with Crippen molar-refractivity contribution in [3.8, 4) is 11.6 Å². The first-order valence-corrected chi connectivity index (χ1v) is 10.1. The van der Waals surface area contributed by atoms with Gasteiger partial charge in [-0.1, -0.05) is 0 Å². The minimum absolute atomic E-state index is 0.0176. The number of hydrogen-bond acceptors (Lipinski definition) is 6. The molecular formula is C18H22FN3O4S. The largest absolute Gasteiger partial charge is 0.494 e. The normalized spacial score (nSPS) is 16.3. The van der Waals surface area contributed by atoms with E-state index in [-0.39, 0.29) is 16.6 Å². The van der Waals surface area contributed by atoms with Crippen molar-refractivity contribution in [2.75, 3.05) is 26.8 Å². The average molecular weight is 395 g/mol. The highest BCUT2D eigenvalue weighted by Crippen LogP contribution is 2.27. The van der Waals surface area contributed by atoms with Crippen molar-refractivity contribution in [3.63, 3.8) is 0 Å². The van der Waals surface area contributed by atoms with Crippen LogP contribution in [0.5, 0.6) is 11.6 Å². The Morgan fingerprint density at radius 3 is 2.52 bits per heavy atom. The fourth-order valence-corrected chi connectivity index (χ4v) is 4.42. The summed E-state index contributed by atoms with van der Waals surface area (Å²) in [4.78, 5) is -0.0644. The van der Waals surface area contributed by atoms with Crippen molar-refractivity contribution in [2.45, 2.75) is 24.7 Å². The molecule has 7 nitrogen and oxygen atoms in total. The summed E-state index contributed by atoms with van der Waals surface area (Å²) in [5.41, 5.74) is 0.816. The van der Waals surface area contributed by atoms with Gasteiger partial charge in [-0.2, -0.15) is 9.40 Å². The number of benzene rings is 1. The molecule has 1 saturated heterocycles. The van der Waals surface area contributed by atoms with Crippen LogP contribution in [0.1, 0.15) is 18.5 Å². The van der Waals surface area contributed by atoms with Gasteiger partial charge in [-0.05, 0) is 49.9 Å². The number of methoxy groups -OCH3 is 1. The van der Waals surface area contributed by atoms with Crippen LogP contribution in [0.25, 0.3) is 0 Å². The maximum absolute atomic E-state index is 13.9. The number of halogens is 1. The first-order valence-electron chi connectivity index (χ1n) is 8.67. The van der Waals surface area contributed by atoms with E-state index in [4.69, 9.17) is 9.47 Å². The van der Waals surface area contributed by atoms with Crippen molar-refractivity contribution in [1.82, 2.24) is 14.5 Å². The Kier molecular flexibility index (Phi) is 5.91. The topological polar surface area (TPSA) is 81.6 Å². The molecule has 0 bridgehead atoms. The van der Waals surface area contributed by atoms with Crippen LogP contribution >= 0.6 is 0 Å². The molecule has 27 heavy (non-hydrogen) atoms. The molecule has 0 aliphatic carbocycles. The highest BCUT2D eigenvalue weighted by Gasteiger charge is 2.30. The zero-order valence-corrected chi connectivity index (χ0v) is 16.1. The lowest BCUT2D eigenvalue weighted by Gasteiger charge is -2.31. The standard InChI is InChI=1S/C18H22FN3O4S/c1-13-3-6-18(21-20-13)26-12-14-7-9-22(10-8-14)27(23,24)15-4-5-17(25-2)16(19)11-15/h3-6,11,14H,7-10,12H2,1-2H3. The molecule has 0 atom stereocenters. The smallest absolute Gasteiger partial charge is 0.243 e. The van der Waals surface area contributed by atoms with Gasteiger partial charge in [-0.25, -0.2) is 12.8 Å². The van der Waals surface area contributed by atoms with E-state index in [0.29, 0.717) is 38.4 Å². The van der Waals surface area contributed by atoms with Gasteiger partial charge < -0.3 is 9.47 Å². The predicted octanol–water partition coefficient (Wildman–Crippen LogP) is 2.41. The molecular weight excluding hydrogens is 373 g/mol. The highest BCUT2D eigenvalue weighted by atomic mass is 32.2. The van der Waals surface area contributed by atoms with Gasteiger partial charge in [0.2, 0.25) is 15.9 Å². The van der Waals surface area contributed by atoms with E-state index in [1.165, 1.54) is 23.5 Å². The number of hydrogen-bond donors (Lipinski definition) is 0. The maximum Gasteiger partial charge on any atom is 0.243 e. The molecule has 9 heteroatoms. The molecule has 2 heterocycles. The second-order valence-corrected chi connectivity index (χ2v) is 8.41. The number of ether oxygens (including phenoxy) is 2. The Morgan fingerprint density at radius 1 is 1.19 bits per heavy atom. The van der Waals surface area contributed by atoms with Crippen LogP contribution in [0, 0.1) is 18.7 Å². The first kappa shape index (κ1) is 19.5. The van der Waals surface area contributed by atoms with E-state index >= 15 is 0 Å². The third-order valence-electron chi connectivity index (χ3n) is 4.57. The zero-order chi connectivity index (χ0) is 19.4. The number of piperidine rings is 1. The van der Waals surface area contributed by atoms with Crippen molar-refractivity contribution in [1.29, 1.82) is 0 Å². The summed E-state index contributed by atoms with van der Waals surface area (Å²) in [6.45, 7) is 3.04. The number of rotatable bonds is 6. The number of aromatic nitrogens is 2. The summed E-state index contributed by atoms with van der Waals surface area (Å²) in [6.07, 6.45) is 1.33. The minimum atomic E-state index is -3.73. The molecule has 0 amide bonds. The lowest BCUT2D eigenvalue weighted by molar-refractivity contribution is 0.180. The highest BCUT2D eigenvalue weighted by molar-refractivity contribution is 7.89. The van der Waals surface area contributed by atoms with Crippen molar-refractivity contribution in [2.24, 2.45) is 5.92 Å². The molecule has 1 aromatic carbocycles. The molecule has 2 aromatic rings. The van der Waals surface area contributed by atoms with Crippen LogP contribution < -0.4 is 9.47 Å². The SMILES string of the molecule is COc1ccc(S(=O)(=O)N2CCC(COc3ccc(C)nn3)CC2)cc1F. The molecule has 1 aliphatic heterocycles. The molecule has 0 saturated carbocycles. The third-order valence-corrected chi connectivity index (χ3v) is 6.47. The molecule has 0 unspecified atom stereocenters. The van der Waals surface area contributed by atoms with Gasteiger partial charge in [0.25, 0.3) is 0 Å². The van der Waals surface area contributed by atoms with Crippen molar-refractivity contribution in [3.05, 3.63) is 41.8 Å². The van der Waals surface area contributed by atoms with Crippen molar-refractivity contribution >= 4 is 10.0 Å². The lowest BCUT2D eigenvalue weighted by Crippen LogP contribution is -2.39. The van der Waals surface area contributed by atoms with E-state index in [9.17, 15) is 12.8 Å². The lowest BCUT2D eigenvalue weighted by atomic mass is 9.99. The quantitative estimate of drug-likeness (QED) is 0.747. The fourth-order valence-electron chi connectivity index (χ4n) is 2.94. The van der Waals surface area contributed by atoms with Crippen LogP contribution in [0.3, 0.4) is 0 Å². The van der Waals surface area contributed by atoms with Gasteiger partial charge in [0, 0.05) is 19.2 Å². The van der Waals surface area contributed by atoms with Crippen LogP contribution in [0.2, 0.25) is 0 Å². The Bertz CT molecular complexity index is 882. The van der Waals surface area contributed by atoms with Gasteiger partial charge in [0.15, 0.2) is 11.6 Å². The van der Waals surface area contributed by atoms with Crippen LogP contribution in [-0.4, -0.2) is 49.7 Å². The minimum Gasteiger partial charge on any atom is -0.494 e. The maximum atomic E-state index is 13.9. The summed E-state index contributed by atoms with van der Waals surface area (Å²) in [6, 6.07) is 7.28. The second-order valence-electron chi connectivity index (χ2n) is 6.47. The van der Waals surface area contributed by atoms with Crippen LogP contribution in [0.15, 0.2) is 35.2 Å². The number of nitrogens with zero attached hydrogens (tertiary/aromatic N) is 3. The first-order chi connectivity index (χ1) is 12.9. The molecule has 1 fully saturated rings. The van der Waals surface area contributed by atoms with Gasteiger partial charge >= 0.3 is 0 Å². The van der Waals surface area contributed by atoms with E-state index in [0.717, 1.165) is 11.8 Å². The monoisotopic (exact) mass is 395 g/mol. The Labute approximate surface area is 158 Å². The molecule has 1 aliphatic rings. The van der Waals surface area contributed by atoms with Gasteiger partial charge in [0.05, 0.1) is 24.3 Å². The Balaban J connectivity index is 1.57. The number of sulfonamides is 1. The summed E-state index contributed by atoms with van der Waals surface area (Å²) in [7, 11) is -2.40. The van der Waals surface area contributed by atoms with E-state index in [1.54, 1.807) is 6.07 Å². The Hall–Kier alpha value is -2.26. The van der Waals surface area contributed by atoms with Crippen LogP contribution in [-0.2, 0) is 10.0 Å². The summed E-state index contributed by atoms with van der Waals surface area (Å²) in [5, 5.41) is 7.89. The molecule has 0 N–H and O–H groups in total. The van der Waals surface area contributed by atoms with E-state index < -0.39 is 15.8 Å². The zero-order valence-electron chi connectivity index (χ0n) is 15.3. The molecule has 146 valence electrons. The predicted molar refractivity (Wildman–Crippen MR) is 96.7 cm³/mol. The summed E-state index contributed by atoms with van der Waals surface area (Å²) >= 11 is 0. The summed E-state index contributed by atoms with van der Waals surface area (Å²) in [5.74, 6) is 0.0154. The molecule has 3 rings (SSSR count). The van der Waals surface area contributed by atoms with Gasteiger partial charge in [-0.15, -0.1) is 5.10 Å². The van der Waals surface area contributed by atoms with Gasteiger partial charge in [-0.3, -0.25) is 0 Å². The fraction of sp³-hybridized carbons (Fsp3) is 0.444. The summed E-state index contributed by atoms with van der Waals surface area (Å²) < 4.78 is 51.2. The van der Waals surface area contributed by atoms with Crippen molar-refractivity contribution < 1.29 is 22.3 Å². The average Bonchev–Trinajstić information content (AvgIpc) is 2.68. The van der Waals surface area contributed by atoms with E-state index in [2.05, 4.69) is 10.2 Å². The second kappa shape index (κ2) is 8.18. The Morgan fingerprint density at radius 2 is 1.93 bits per heavy atom.